The predicted octanol–water partition coefficient (Wildman–Crippen LogP) is 2.43. The number of ether oxygens (including phenoxy) is 1. The summed E-state index contributed by atoms with van der Waals surface area (Å²) in [5.41, 5.74) is 0. The lowest BCUT2D eigenvalue weighted by molar-refractivity contribution is -0.147. The van der Waals surface area contributed by atoms with E-state index in [1.165, 1.54) is 0 Å². The Labute approximate surface area is 128 Å². The van der Waals surface area contributed by atoms with Crippen molar-refractivity contribution in [3.05, 3.63) is 29.3 Å². The molecule has 0 spiro atoms. The molecule has 0 aliphatic carbocycles. The van der Waals surface area contributed by atoms with Crippen LogP contribution in [0.15, 0.2) is 24.3 Å². The van der Waals surface area contributed by atoms with Gasteiger partial charge in [-0.1, -0.05) is 23.7 Å². The number of likely N-dealkylation sites (tertiary alicyclic amines) is 1. The van der Waals surface area contributed by atoms with Crippen LogP contribution >= 0.6 is 11.6 Å². The molecule has 1 amide bonds. The summed E-state index contributed by atoms with van der Waals surface area (Å²) in [6.45, 7) is 2.46. The van der Waals surface area contributed by atoms with Crippen LogP contribution < -0.4 is 4.74 Å². The molecule has 2 atom stereocenters. The summed E-state index contributed by atoms with van der Waals surface area (Å²) in [4.78, 5) is 24.9. The number of para-hydroxylation sites is 1. The Balaban J connectivity index is 1.99. The van der Waals surface area contributed by atoms with Crippen molar-refractivity contribution in [1.29, 1.82) is 0 Å². The Hall–Kier alpha value is -1.75. The summed E-state index contributed by atoms with van der Waals surface area (Å²) in [5, 5.41) is 9.51. The predicted molar refractivity (Wildman–Crippen MR) is 78.5 cm³/mol. The summed E-state index contributed by atoms with van der Waals surface area (Å²) in [6.07, 6.45) is 0.609. The molecule has 0 radical (unpaired) electrons. The van der Waals surface area contributed by atoms with Gasteiger partial charge in [-0.15, -0.1) is 0 Å². The number of rotatable bonds is 4. The zero-order valence-corrected chi connectivity index (χ0v) is 12.5. The van der Waals surface area contributed by atoms with E-state index in [2.05, 4.69) is 0 Å². The second kappa shape index (κ2) is 6.80. The SMILES string of the molecule is CC(Oc1ccccc1Cl)C(=O)N1CCCC(C(=O)O)C1. The van der Waals surface area contributed by atoms with Crippen LogP contribution in [-0.2, 0) is 9.59 Å². The molecule has 2 rings (SSSR count). The molecule has 0 aromatic heterocycles. The summed E-state index contributed by atoms with van der Waals surface area (Å²) in [5.74, 6) is -1.10. The van der Waals surface area contributed by atoms with Gasteiger partial charge < -0.3 is 14.7 Å². The normalized spacial score (nSPS) is 19.9. The van der Waals surface area contributed by atoms with Gasteiger partial charge in [0.1, 0.15) is 5.75 Å². The molecule has 1 aliphatic heterocycles. The number of benzene rings is 1. The maximum atomic E-state index is 12.3. The highest BCUT2D eigenvalue weighted by molar-refractivity contribution is 6.32. The van der Waals surface area contributed by atoms with Crippen molar-refractivity contribution in [1.82, 2.24) is 4.90 Å². The maximum absolute atomic E-state index is 12.3. The number of carbonyl (C=O) groups is 2. The molecule has 1 fully saturated rings. The Morgan fingerprint density at radius 3 is 2.81 bits per heavy atom. The van der Waals surface area contributed by atoms with Gasteiger partial charge in [0.2, 0.25) is 0 Å². The van der Waals surface area contributed by atoms with Gasteiger partial charge in [0.25, 0.3) is 5.91 Å². The van der Waals surface area contributed by atoms with Gasteiger partial charge in [0.15, 0.2) is 6.10 Å². The van der Waals surface area contributed by atoms with Crippen LogP contribution in [0.5, 0.6) is 5.75 Å². The van der Waals surface area contributed by atoms with Crippen LogP contribution in [0, 0.1) is 5.92 Å². The Bertz CT molecular complexity index is 534. The molecule has 1 aliphatic rings. The van der Waals surface area contributed by atoms with Crippen molar-refractivity contribution in [3.63, 3.8) is 0 Å². The maximum Gasteiger partial charge on any atom is 0.308 e. The molecule has 2 unspecified atom stereocenters. The molecule has 5 nitrogen and oxygen atoms in total. The summed E-state index contributed by atoms with van der Waals surface area (Å²) in [7, 11) is 0. The molecule has 21 heavy (non-hydrogen) atoms. The van der Waals surface area contributed by atoms with Crippen molar-refractivity contribution in [2.24, 2.45) is 5.92 Å². The molecular weight excluding hydrogens is 294 g/mol. The highest BCUT2D eigenvalue weighted by Gasteiger charge is 2.31. The van der Waals surface area contributed by atoms with Gasteiger partial charge in [0.05, 0.1) is 10.9 Å². The van der Waals surface area contributed by atoms with Gasteiger partial charge in [-0.05, 0) is 31.9 Å². The zero-order valence-electron chi connectivity index (χ0n) is 11.8. The summed E-state index contributed by atoms with van der Waals surface area (Å²) in [6, 6.07) is 6.95. The first-order valence-corrected chi connectivity index (χ1v) is 7.29. The lowest BCUT2D eigenvalue weighted by Crippen LogP contribution is -2.47. The lowest BCUT2D eigenvalue weighted by atomic mass is 9.98. The second-order valence-electron chi connectivity index (χ2n) is 5.15. The first-order valence-electron chi connectivity index (χ1n) is 6.92. The average Bonchev–Trinajstić information content (AvgIpc) is 2.49. The monoisotopic (exact) mass is 311 g/mol. The Morgan fingerprint density at radius 2 is 2.14 bits per heavy atom. The quantitative estimate of drug-likeness (QED) is 0.927. The van der Waals surface area contributed by atoms with Crippen LogP contribution in [-0.4, -0.2) is 41.1 Å². The number of amides is 1. The molecule has 114 valence electrons. The first kappa shape index (κ1) is 15.6. The number of hydrogen-bond acceptors (Lipinski definition) is 3. The van der Waals surface area contributed by atoms with Crippen molar-refractivity contribution >= 4 is 23.5 Å². The molecule has 1 aromatic carbocycles. The van der Waals surface area contributed by atoms with E-state index < -0.39 is 18.0 Å². The first-order chi connectivity index (χ1) is 9.99. The fraction of sp³-hybridized carbons (Fsp3) is 0.467. The highest BCUT2D eigenvalue weighted by Crippen LogP contribution is 2.25. The van der Waals surface area contributed by atoms with E-state index in [0.717, 1.165) is 0 Å². The van der Waals surface area contributed by atoms with Gasteiger partial charge >= 0.3 is 5.97 Å². The van der Waals surface area contributed by atoms with Crippen LogP contribution in [0.4, 0.5) is 0 Å². The van der Waals surface area contributed by atoms with Crippen molar-refractivity contribution < 1.29 is 19.4 Å². The Kier molecular flexibility index (Phi) is 5.07. The number of carboxylic acids is 1. The minimum Gasteiger partial charge on any atom is -0.481 e. The highest BCUT2D eigenvalue weighted by atomic mass is 35.5. The third-order valence-corrected chi connectivity index (χ3v) is 3.88. The van der Waals surface area contributed by atoms with E-state index in [4.69, 9.17) is 21.4 Å². The molecule has 1 saturated heterocycles. The van der Waals surface area contributed by atoms with Gasteiger partial charge in [-0.25, -0.2) is 0 Å². The number of carboxylic acid groups (broad SMARTS) is 1. The van der Waals surface area contributed by atoms with Crippen molar-refractivity contribution in [2.75, 3.05) is 13.1 Å². The van der Waals surface area contributed by atoms with E-state index in [9.17, 15) is 9.59 Å². The average molecular weight is 312 g/mol. The zero-order chi connectivity index (χ0) is 15.4. The largest absolute Gasteiger partial charge is 0.481 e. The van der Waals surface area contributed by atoms with E-state index in [0.29, 0.717) is 30.2 Å². The van der Waals surface area contributed by atoms with Crippen LogP contribution in [0.25, 0.3) is 0 Å². The van der Waals surface area contributed by atoms with Gasteiger partial charge in [-0.3, -0.25) is 9.59 Å². The summed E-state index contributed by atoms with van der Waals surface area (Å²) < 4.78 is 5.59. The van der Waals surface area contributed by atoms with Gasteiger partial charge in [-0.2, -0.15) is 0 Å². The second-order valence-corrected chi connectivity index (χ2v) is 5.56. The number of halogens is 1. The van der Waals surface area contributed by atoms with Crippen molar-refractivity contribution in [2.45, 2.75) is 25.9 Å². The third-order valence-electron chi connectivity index (χ3n) is 3.57. The van der Waals surface area contributed by atoms with Crippen LogP contribution in [0.2, 0.25) is 5.02 Å². The topological polar surface area (TPSA) is 66.8 Å². The minimum absolute atomic E-state index is 0.208. The minimum atomic E-state index is -0.854. The van der Waals surface area contributed by atoms with Crippen LogP contribution in [0.1, 0.15) is 19.8 Å². The number of nitrogens with zero attached hydrogens (tertiary/aromatic N) is 1. The molecule has 1 heterocycles. The fourth-order valence-electron chi connectivity index (χ4n) is 2.42. The van der Waals surface area contributed by atoms with E-state index in [-0.39, 0.29) is 12.5 Å². The summed E-state index contributed by atoms with van der Waals surface area (Å²) >= 11 is 6.00. The third kappa shape index (κ3) is 3.88. The fourth-order valence-corrected chi connectivity index (χ4v) is 2.60. The lowest BCUT2D eigenvalue weighted by Gasteiger charge is -2.32. The van der Waals surface area contributed by atoms with E-state index in [1.807, 2.05) is 0 Å². The molecule has 0 bridgehead atoms. The standard InChI is InChI=1S/C15H18ClNO4/c1-10(21-13-7-3-2-6-12(13)16)14(18)17-8-4-5-11(9-17)15(19)20/h2-3,6-7,10-11H,4-5,8-9H2,1H3,(H,19,20). The molecule has 1 N–H and O–H groups in total. The number of carbonyl (C=O) groups excluding carboxylic acids is 1. The van der Waals surface area contributed by atoms with Crippen LogP contribution in [0.3, 0.4) is 0 Å². The van der Waals surface area contributed by atoms with Crippen molar-refractivity contribution in [3.8, 4) is 5.75 Å². The molecule has 1 aromatic rings. The number of aliphatic carboxylic acids is 1. The molecule has 6 heteroatoms. The van der Waals surface area contributed by atoms with Gasteiger partial charge in [0, 0.05) is 13.1 Å². The van der Waals surface area contributed by atoms with E-state index >= 15 is 0 Å². The Morgan fingerprint density at radius 1 is 1.43 bits per heavy atom. The molecule has 0 saturated carbocycles. The number of hydrogen-bond donors (Lipinski definition) is 1. The smallest absolute Gasteiger partial charge is 0.308 e. The number of piperidine rings is 1. The van der Waals surface area contributed by atoms with E-state index in [1.54, 1.807) is 36.1 Å². The molecular formula is C15H18ClNO4.